The van der Waals surface area contributed by atoms with Gasteiger partial charge in [0.15, 0.2) is 5.69 Å². The molecule has 0 fully saturated rings. The number of ether oxygens (including phenoxy) is 2. The van der Waals surface area contributed by atoms with E-state index in [2.05, 4.69) is 15.8 Å². The molecule has 0 atom stereocenters. The highest BCUT2D eigenvalue weighted by Gasteiger charge is 2.24. The maximum atomic E-state index is 12.3. The third-order valence-electron chi connectivity index (χ3n) is 3.99. The van der Waals surface area contributed by atoms with Crippen LogP contribution >= 0.6 is 0 Å². The van der Waals surface area contributed by atoms with E-state index in [1.807, 2.05) is 44.2 Å². The topological polar surface area (TPSA) is 120 Å². The second-order valence-corrected chi connectivity index (χ2v) is 8.84. The fourth-order valence-corrected chi connectivity index (χ4v) is 2.37. The molecule has 2 N–H and O–H groups in total. The van der Waals surface area contributed by atoms with Crippen molar-refractivity contribution < 1.29 is 28.4 Å². The first-order valence-electron chi connectivity index (χ1n) is 9.88. The molecule has 9 nitrogen and oxygen atoms in total. The van der Waals surface area contributed by atoms with Gasteiger partial charge >= 0.3 is 12.1 Å². The fraction of sp³-hybridized carbons (Fsp3) is 0.455. The number of aromatic nitrogens is 1. The maximum absolute atomic E-state index is 12.3. The van der Waals surface area contributed by atoms with Crippen LogP contribution in [0.3, 0.4) is 0 Å². The Morgan fingerprint density at radius 3 is 2.29 bits per heavy atom. The van der Waals surface area contributed by atoms with Crippen LogP contribution in [0.2, 0.25) is 0 Å². The number of benzene rings is 1. The second kappa shape index (κ2) is 10.1. The quantitative estimate of drug-likeness (QED) is 0.615. The lowest BCUT2D eigenvalue weighted by Crippen LogP contribution is -2.43. The summed E-state index contributed by atoms with van der Waals surface area (Å²) in [6.45, 7) is 9.71. The maximum Gasteiger partial charge on any atom is 0.407 e. The number of esters is 1. The third kappa shape index (κ3) is 8.49. The van der Waals surface area contributed by atoms with E-state index >= 15 is 0 Å². The monoisotopic (exact) mass is 431 g/mol. The minimum atomic E-state index is -0.711. The van der Waals surface area contributed by atoms with Crippen molar-refractivity contribution in [2.24, 2.45) is 5.41 Å². The Morgan fingerprint density at radius 1 is 1.00 bits per heavy atom. The predicted octanol–water partition coefficient (Wildman–Crippen LogP) is 3.31. The molecule has 0 saturated heterocycles. The number of carbonyl (C=O) groups is 3. The van der Waals surface area contributed by atoms with Crippen LogP contribution in [0.25, 0.3) is 0 Å². The zero-order valence-corrected chi connectivity index (χ0v) is 18.5. The number of amides is 2. The van der Waals surface area contributed by atoms with E-state index in [4.69, 9.17) is 14.0 Å². The molecule has 0 aliphatic carbocycles. The Kier molecular flexibility index (Phi) is 7.79. The average molecular weight is 431 g/mol. The van der Waals surface area contributed by atoms with Crippen molar-refractivity contribution >= 4 is 18.0 Å². The molecule has 0 spiro atoms. The normalized spacial score (nSPS) is 11.5. The summed E-state index contributed by atoms with van der Waals surface area (Å²) in [4.78, 5) is 36.2. The van der Waals surface area contributed by atoms with Gasteiger partial charge in [0.05, 0.1) is 0 Å². The minimum Gasteiger partial charge on any atom is -0.455 e. The van der Waals surface area contributed by atoms with Gasteiger partial charge in [-0.3, -0.25) is 4.79 Å². The van der Waals surface area contributed by atoms with E-state index in [1.165, 1.54) is 6.07 Å². The Bertz CT molecular complexity index is 899. The Labute approximate surface area is 181 Å². The largest absolute Gasteiger partial charge is 0.455 e. The highest BCUT2D eigenvalue weighted by Crippen LogP contribution is 2.14. The third-order valence-corrected chi connectivity index (χ3v) is 3.99. The van der Waals surface area contributed by atoms with Gasteiger partial charge in [0.2, 0.25) is 5.76 Å². The Balaban J connectivity index is 1.81. The molecule has 168 valence electrons. The summed E-state index contributed by atoms with van der Waals surface area (Å²) in [5.41, 5.74) is -0.249. The second-order valence-electron chi connectivity index (χ2n) is 8.84. The molecule has 0 saturated carbocycles. The molecular formula is C22H29N3O6. The molecule has 0 aliphatic heterocycles. The van der Waals surface area contributed by atoms with Crippen LogP contribution in [0.5, 0.6) is 0 Å². The first-order chi connectivity index (χ1) is 14.5. The fourth-order valence-electron chi connectivity index (χ4n) is 2.37. The lowest BCUT2D eigenvalue weighted by molar-refractivity contribution is 0.0424. The van der Waals surface area contributed by atoms with Gasteiger partial charge in [-0.1, -0.05) is 49.3 Å². The molecular weight excluding hydrogens is 402 g/mol. The summed E-state index contributed by atoms with van der Waals surface area (Å²) in [6.07, 6.45) is -0.526. The van der Waals surface area contributed by atoms with E-state index in [9.17, 15) is 14.4 Å². The zero-order chi connectivity index (χ0) is 23.1. The molecule has 2 rings (SSSR count). The summed E-state index contributed by atoms with van der Waals surface area (Å²) in [6, 6.07) is 10.4. The van der Waals surface area contributed by atoms with Crippen molar-refractivity contribution in [3.63, 3.8) is 0 Å². The highest BCUT2D eigenvalue weighted by molar-refractivity contribution is 5.95. The van der Waals surface area contributed by atoms with Crippen LogP contribution in [-0.4, -0.2) is 41.8 Å². The lowest BCUT2D eigenvalue weighted by atomic mass is 9.93. The molecule has 31 heavy (non-hydrogen) atoms. The van der Waals surface area contributed by atoms with Crippen molar-refractivity contribution in [3.8, 4) is 0 Å². The number of rotatable bonds is 8. The van der Waals surface area contributed by atoms with Crippen LogP contribution in [0, 0.1) is 5.41 Å². The lowest BCUT2D eigenvalue weighted by Gasteiger charge is -2.26. The Hall–Kier alpha value is -3.36. The standard InChI is InChI=1S/C22H29N3O6/c1-21(2,3)30-20(28)24-14-22(4,5)13-23-18(26)16-11-17(31-25-16)19(27)29-12-15-9-7-6-8-10-15/h6-11H,12-14H2,1-5H3,(H,23,26)(H,24,28). The van der Waals surface area contributed by atoms with Crippen LogP contribution in [0.15, 0.2) is 40.9 Å². The number of alkyl carbamates (subject to hydrolysis) is 1. The SMILES string of the molecule is CC(C)(CNC(=O)OC(C)(C)C)CNC(=O)c1cc(C(=O)OCc2ccccc2)on1. The van der Waals surface area contributed by atoms with E-state index in [0.29, 0.717) is 0 Å². The molecule has 1 aromatic heterocycles. The molecule has 1 aromatic carbocycles. The Morgan fingerprint density at radius 2 is 1.65 bits per heavy atom. The van der Waals surface area contributed by atoms with Gasteiger partial charge in [0, 0.05) is 19.2 Å². The van der Waals surface area contributed by atoms with E-state index in [0.717, 1.165) is 5.56 Å². The average Bonchev–Trinajstić information content (AvgIpc) is 3.19. The number of hydrogen-bond donors (Lipinski definition) is 2. The number of hydrogen-bond acceptors (Lipinski definition) is 7. The van der Waals surface area contributed by atoms with Gasteiger partial charge in [-0.25, -0.2) is 9.59 Å². The molecule has 9 heteroatoms. The first kappa shape index (κ1) is 23.9. The van der Waals surface area contributed by atoms with Gasteiger partial charge < -0.3 is 24.6 Å². The van der Waals surface area contributed by atoms with E-state index < -0.39 is 29.0 Å². The summed E-state index contributed by atoms with van der Waals surface area (Å²) in [5, 5.41) is 9.03. The molecule has 0 bridgehead atoms. The van der Waals surface area contributed by atoms with Crippen LogP contribution in [0.1, 0.15) is 61.2 Å². The van der Waals surface area contributed by atoms with Crippen molar-refractivity contribution in [2.75, 3.05) is 13.1 Å². The van der Waals surface area contributed by atoms with Gasteiger partial charge in [0.25, 0.3) is 5.91 Å². The van der Waals surface area contributed by atoms with Crippen molar-refractivity contribution in [1.29, 1.82) is 0 Å². The van der Waals surface area contributed by atoms with E-state index in [-0.39, 0.29) is 31.2 Å². The number of nitrogens with zero attached hydrogens (tertiary/aromatic N) is 1. The molecule has 0 radical (unpaired) electrons. The van der Waals surface area contributed by atoms with E-state index in [1.54, 1.807) is 20.8 Å². The molecule has 0 aliphatic rings. The van der Waals surface area contributed by atoms with Gasteiger partial charge in [-0.05, 0) is 31.7 Å². The summed E-state index contributed by atoms with van der Waals surface area (Å²) >= 11 is 0. The van der Waals surface area contributed by atoms with Gasteiger partial charge in [0.1, 0.15) is 12.2 Å². The van der Waals surface area contributed by atoms with Gasteiger partial charge in [-0.15, -0.1) is 0 Å². The van der Waals surface area contributed by atoms with Crippen LogP contribution < -0.4 is 10.6 Å². The molecule has 2 amide bonds. The van der Waals surface area contributed by atoms with Crippen molar-refractivity contribution in [3.05, 3.63) is 53.4 Å². The molecule has 2 aromatic rings. The zero-order valence-electron chi connectivity index (χ0n) is 18.5. The van der Waals surface area contributed by atoms with Crippen molar-refractivity contribution in [2.45, 2.75) is 46.8 Å². The van der Waals surface area contributed by atoms with Gasteiger partial charge in [-0.2, -0.15) is 0 Å². The van der Waals surface area contributed by atoms with Crippen molar-refractivity contribution in [1.82, 2.24) is 15.8 Å². The number of nitrogens with one attached hydrogen (secondary N) is 2. The smallest absolute Gasteiger partial charge is 0.407 e. The minimum absolute atomic E-state index is 0.0393. The first-order valence-corrected chi connectivity index (χ1v) is 9.88. The summed E-state index contributed by atoms with van der Waals surface area (Å²) in [5.74, 6) is -1.37. The summed E-state index contributed by atoms with van der Waals surface area (Å²) in [7, 11) is 0. The molecule has 1 heterocycles. The van der Waals surface area contributed by atoms with Crippen LogP contribution in [0.4, 0.5) is 4.79 Å². The summed E-state index contributed by atoms with van der Waals surface area (Å²) < 4.78 is 15.3. The molecule has 0 unspecified atom stereocenters. The number of carbonyl (C=O) groups excluding carboxylic acids is 3. The highest BCUT2D eigenvalue weighted by atomic mass is 16.6. The predicted molar refractivity (Wildman–Crippen MR) is 112 cm³/mol. The van der Waals surface area contributed by atoms with Crippen LogP contribution in [-0.2, 0) is 16.1 Å².